The monoisotopic (exact) mass is 223 g/mol. The van der Waals surface area contributed by atoms with Crippen molar-refractivity contribution in [1.29, 1.82) is 0 Å². The average Bonchev–Trinajstić information content (AvgIpc) is 2.30. The van der Waals surface area contributed by atoms with Gasteiger partial charge in [-0.05, 0) is 26.1 Å². The van der Waals surface area contributed by atoms with Crippen LogP contribution in [0.3, 0.4) is 0 Å². The molecule has 0 bridgehead atoms. The van der Waals surface area contributed by atoms with Crippen molar-refractivity contribution in [3.63, 3.8) is 0 Å². The van der Waals surface area contributed by atoms with E-state index in [4.69, 9.17) is 9.47 Å². The Balaban J connectivity index is 2.78. The average molecular weight is 223 g/mol. The minimum Gasteiger partial charge on any atom is -0.462 e. The lowest BCUT2D eigenvalue weighted by molar-refractivity contribution is -0.162. The number of likely N-dealkylation sites (N-methyl/N-ethyl adjacent to an activating group) is 1. The quantitative estimate of drug-likeness (QED) is 0.608. The predicted octanol–water partition coefficient (Wildman–Crippen LogP) is 1.56. The maximum Gasteiger partial charge on any atom is 0.366 e. The minimum atomic E-state index is -1.16. The van der Waals surface area contributed by atoms with E-state index in [2.05, 4.69) is 5.32 Å². The lowest BCUT2D eigenvalue weighted by Gasteiger charge is -2.27. The van der Waals surface area contributed by atoms with Crippen molar-refractivity contribution in [1.82, 2.24) is 5.32 Å². The number of ether oxygens (including phenoxy) is 2. The normalized spacial score (nSPS) is 13.9. The van der Waals surface area contributed by atoms with E-state index in [-0.39, 0.29) is 0 Å². The molecule has 0 fully saturated rings. The highest BCUT2D eigenvalue weighted by molar-refractivity contribution is 5.79. The molecule has 88 valence electrons. The molecule has 4 nitrogen and oxygen atoms in total. The third-order valence-electron chi connectivity index (χ3n) is 2.21. The molecule has 1 unspecified atom stereocenters. The van der Waals surface area contributed by atoms with Gasteiger partial charge in [-0.1, -0.05) is 18.2 Å². The summed E-state index contributed by atoms with van der Waals surface area (Å²) in [5.74, 6) is 0.189. The van der Waals surface area contributed by atoms with Crippen LogP contribution in [0.1, 0.15) is 13.8 Å². The Morgan fingerprint density at radius 2 is 2.00 bits per heavy atom. The van der Waals surface area contributed by atoms with E-state index < -0.39 is 11.7 Å². The number of benzene rings is 1. The van der Waals surface area contributed by atoms with Gasteiger partial charge in [0.15, 0.2) is 0 Å². The smallest absolute Gasteiger partial charge is 0.366 e. The number of esters is 1. The van der Waals surface area contributed by atoms with Gasteiger partial charge < -0.3 is 9.47 Å². The first-order valence-corrected chi connectivity index (χ1v) is 5.22. The van der Waals surface area contributed by atoms with E-state index in [9.17, 15) is 4.79 Å². The Hall–Kier alpha value is -1.55. The summed E-state index contributed by atoms with van der Waals surface area (Å²) >= 11 is 0. The van der Waals surface area contributed by atoms with Crippen molar-refractivity contribution in [3.8, 4) is 5.75 Å². The Labute approximate surface area is 95.6 Å². The lowest BCUT2D eigenvalue weighted by atomic mass is 10.2. The number of para-hydroxylation sites is 1. The summed E-state index contributed by atoms with van der Waals surface area (Å²) in [6.45, 7) is 3.72. The number of carbonyl (C=O) groups is 1. The summed E-state index contributed by atoms with van der Waals surface area (Å²) in [7, 11) is 1.65. The van der Waals surface area contributed by atoms with Gasteiger partial charge in [0.1, 0.15) is 5.75 Å². The van der Waals surface area contributed by atoms with E-state index in [1.807, 2.05) is 18.2 Å². The SMILES string of the molecule is CCOC(=O)C(C)(NC)Oc1ccccc1. The molecule has 1 rings (SSSR count). The van der Waals surface area contributed by atoms with Crippen LogP contribution in [0.25, 0.3) is 0 Å². The molecule has 1 aromatic rings. The van der Waals surface area contributed by atoms with Gasteiger partial charge in [-0.15, -0.1) is 0 Å². The van der Waals surface area contributed by atoms with Crippen LogP contribution in [-0.4, -0.2) is 25.3 Å². The molecule has 1 atom stereocenters. The second kappa shape index (κ2) is 5.51. The molecule has 1 N–H and O–H groups in total. The van der Waals surface area contributed by atoms with Gasteiger partial charge in [0.2, 0.25) is 0 Å². The molecule has 0 amide bonds. The van der Waals surface area contributed by atoms with Crippen LogP contribution in [0.2, 0.25) is 0 Å². The van der Waals surface area contributed by atoms with Crippen molar-refractivity contribution in [3.05, 3.63) is 30.3 Å². The molecule has 0 spiro atoms. The summed E-state index contributed by atoms with van der Waals surface area (Å²) < 4.78 is 10.5. The van der Waals surface area contributed by atoms with Gasteiger partial charge >= 0.3 is 5.97 Å². The molecule has 0 saturated heterocycles. The second-order valence-electron chi connectivity index (χ2n) is 3.42. The third kappa shape index (κ3) is 2.97. The van der Waals surface area contributed by atoms with Crippen LogP contribution in [-0.2, 0) is 9.53 Å². The predicted molar refractivity (Wildman–Crippen MR) is 61.2 cm³/mol. The maximum atomic E-state index is 11.7. The Morgan fingerprint density at radius 1 is 1.38 bits per heavy atom. The zero-order valence-electron chi connectivity index (χ0n) is 9.82. The van der Waals surface area contributed by atoms with Crippen LogP contribution in [0.15, 0.2) is 30.3 Å². The molecule has 1 aromatic carbocycles. The van der Waals surface area contributed by atoms with Gasteiger partial charge in [-0.25, -0.2) is 4.79 Å². The van der Waals surface area contributed by atoms with E-state index in [1.54, 1.807) is 33.0 Å². The molecule has 0 radical (unpaired) electrons. The summed E-state index contributed by atoms with van der Waals surface area (Å²) in [5.41, 5.74) is -1.16. The van der Waals surface area contributed by atoms with Gasteiger partial charge in [0.05, 0.1) is 6.61 Å². The third-order valence-corrected chi connectivity index (χ3v) is 2.21. The summed E-state index contributed by atoms with van der Waals surface area (Å²) in [5, 5.41) is 2.81. The number of hydrogen-bond acceptors (Lipinski definition) is 4. The van der Waals surface area contributed by atoms with E-state index in [0.717, 1.165) is 0 Å². The van der Waals surface area contributed by atoms with Gasteiger partial charge in [0.25, 0.3) is 5.72 Å². The lowest BCUT2D eigenvalue weighted by Crippen LogP contribution is -2.53. The van der Waals surface area contributed by atoms with Crippen LogP contribution < -0.4 is 10.1 Å². The Bertz CT molecular complexity index is 339. The Kier molecular flexibility index (Phi) is 4.31. The van der Waals surface area contributed by atoms with Gasteiger partial charge in [0, 0.05) is 6.92 Å². The van der Waals surface area contributed by atoms with Crippen molar-refractivity contribution >= 4 is 5.97 Å². The first-order chi connectivity index (χ1) is 7.62. The zero-order chi connectivity index (χ0) is 12.0. The zero-order valence-corrected chi connectivity index (χ0v) is 9.82. The van der Waals surface area contributed by atoms with Gasteiger partial charge in [-0.3, -0.25) is 5.32 Å². The number of rotatable bonds is 5. The highest BCUT2D eigenvalue weighted by atomic mass is 16.6. The maximum absolute atomic E-state index is 11.7. The molecule has 4 heteroatoms. The summed E-state index contributed by atoms with van der Waals surface area (Å²) in [6, 6.07) is 9.14. The van der Waals surface area contributed by atoms with Crippen molar-refractivity contribution in [2.24, 2.45) is 0 Å². The fourth-order valence-corrected chi connectivity index (χ4v) is 1.19. The highest BCUT2D eigenvalue weighted by Gasteiger charge is 2.35. The van der Waals surface area contributed by atoms with E-state index in [1.165, 1.54) is 0 Å². The molecular weight excluding hydrogens is 206 g/mol. The van der Waals surface area contributed by atoms with Crippen LogP contribution in [0.5, 0.6) is 5.75 Å². The first kappa shape index (κ1) is 12.5. The van der Waals surface area contributed by atoms with Gasteiger partial charge in [-0.2, -0.15) is 0 Å². The van der Waals surface area contributed by atoms with Crippen molar-refractivity contribution < 1.29 is 14.3 Å². The first-order valence-electron chi connectivity index (χ1n) is 5.22. The molecule has 0 aliphatic carbocycles. The number of carbonyl (C=O) groups excluding carboxylic acids is 1. The van der Waals surface area contributed by atoms with E-state index in [0.29, 0.717) is 12.4 Å². The van der Waals surface area contributed by atoms with Crippen molar-refractivity contribution in [2.75, 3.05) is 13.7 Å². The minimum absolute atomic E-state index is 0.328. The molecule has 0 aromatic heterocycles. The summed E-state index contributed by atoms with van der Waals surface area (Å²) in [6.07, 6.45) is 0. The Morgan fingerprint density at radius 3 is 2.50 bits per heavy atom. The van der Waals surface area contributed by atoms with Crippen molar-refractivity contribution in [2.45, 2.75) is 19.6 Å². The molecule has 0 saturated carbocycles. The molecule has 0 aliphatic rings. The molecule has 16 heavy (non-hydrogen) atoms. The molecule has 0 heterocycles. The molecular formula is C12H17NO3. The standard InChI is InChI=1S/C12H17NO3/c1-4-15-11(14)12(2,13-3)16-10-8-6-5-7-9-10/h5-9,13H,4H2,1-3H3. The fraction of sp³-hybridized carbons (Fsp3) is 0.417. The number of hydrogen-bond donors (Lipinski definition) is 1. The largest absolute Gasteiger partial charge is 0.462 e. The summed E-state index contributed by atoms with van der Waals surface area (Å²) in [4.78, 5) is 11.7. The molecule has 0 aliphatic heterocycles. The second-order valence-corrected chi connectivity index (χ2v) is 3.42. The highest BCUT2D eigenvalue weighted by Crippen LogP contribution is 2.16. The fourth-order valence-electron chi connectivity index (χ4n) is 1.19. The topological polar surface area (TPSA) is 47.6 Å². The number of nitrogens with one attached hydrogen (secondary N) is 1. The van der Waals surface area contributed by atoms with E-state index >= 15 is 0 Å². The van der Waals surface area contributed by atoms with Crippen LogP contribution in [0, 0.1) is 0 Å². The van der Waals surface area contributed by atoms with Crippen LogP contribution >= 0.6 is 0 Å². The van der Waals surface area contributed by atoms with Crippen LogP contribution in [0.4, 0.5) is 0 Å².